The molecule has 0 saturated heterocycles. The van der Waals surface area contributed by atoms with Gasteiger partial charge in [-0.05, 0) is 31.9 Å². The molecule has 0 amide bonds. The Morgan fingerprint density at radius 3 is 2.60 bits per heavy atom. The predicted octanol–water partition coefficient (Wildman–Crippen LogP) is 2.97. The fourth-order valence-corrected chi connectivity index (χ4v) is 3.06. The van der Waals surface area contributed by atoms with Crippen LogP contribution in [0.5, 0.6) is 0 Å². The number of nitrogens with zero attached hydrogens (tertiary/aromatic N) is 2. The van der Waals surface area contributed by atoms with Crippen LogP contribution in [0.4, 0.5) is 5.69 Å². The fraction of sp³-hybridized carbons (Fsp3) is 0.529. The number of allylic oxidation sites excluding steroid dienone is 1. The summed E-state index contributed by atoms with van der Waals surface area (Å²) in [6.45, 7) is 4.75. The first kappa shape index (κ1) is 20.6. The molecule has 0 aromatic carbocycles. The summed E-state index contributed by atoms with van der Waals surface area (Å²) < 4.78 is 11.8. The average Bonchev–Trinajstić information content (AvgIpc) is 2.55. The third-order valence-electron chi connectivity index (χ3n) is 3.87. The van der Waals surface area contributed by atoms with E-state index in [2.05, 4.69) is 9.98 Å². The van der Waals surface area contributed by atoms with E-state index >= 15 is 0 Å². The molecule has 6 nitrogen and oxygen atoms in total. The third-order valence-corrected chi connectivity index (χ3v) is 4.07. The smallest absolute Gasteiger partial charge is 0.174 e. The van der Waals surface area contributed by atoms with Crippen LogP contribution in [0.25, 0.3) is 0 Å². The van der Waals surface area contributed by atoms with Gasteiger partial charge in [0, 0.05) is 37.9 Å². The Labute approximate surface area is 147 Å². The summed E-state index contributed by atoms with van der Waals surface area (Å²) in [6, 6.07) is 1.73. The first-order chi connectivity index (χ1) is 11.5. The molecule has 0 aliphatic heterocycles. The third kappa shape index (κ3) is 5.00. The van der Waals surface area contributed by atoms with Crippen molar-refractivity contribution in [3.05, 3.63) is 34.8 Å². The zero-order valence-electron chi connectivity index (χ0n) is 14.4. The number of aliphatic hydroxyl groups excluding tert-OH is 1. The number of nitrogens with two attached hydrogens (primary N) is 1. The monoisotopic (exact) mass is 605 g/mol. The maximum atomic E-state index is 9.42. The minimum absolute atomic E-state index is 0. The SMILES string of the molecule is CCOC1(OCC)CC/C(=C(/N)CO)C(=Nc2cncc(Cl)c2)C1.[Es]. The van der Waals surface area contributed by atoms with Crippen LogP contribution < -0.4 is 5.73 Å². The van der Waals surface area contributed by atoms with Gasteiger partial charge in [0.25, 0.3) is 0 Å². The van der Waals surface area contributed by atoms with Gasteiger partial charge in [-0.2, -0.15) is 0 Å². The summed E-state index contributed by atoms with van der Waals surface area (Å²) in [5, 5.41) is 9.93. The Hall–Kier alpha value is -2.47. The summed E-state index contributed by atoms with van der Waals surface area (Å²) in [6.07, 6.45) is 4.92. The van der Waals surface area contributed by atoms with E-state index in [0.29, 0.717) is 48.9 Å². The topological polar surface area (TPSA) is 90.0 Å². The van der Waals surface area contributed by atoms with Gasteiger partial charge in [0.2, 0.25) is 0 Å². The molecule has 1 fully saturated rings. The summed E-state index contributed by atoms with van der Waals surface area (Å²) in [4.78, 5) is 8.70. The van der Waals surface area contributed by atoms with Crippen molar-refractivity contribution in [3.8, 4) is 0 Å². The van der Waals surface area contributed by atoms with Crippen molar-refractivity contribution in [3.63, 3.8) is 0 Å². The molecule has 8 heteroatoms. The predicted molar refractivity (Wildman–Crippen MR) is 94.5 cm³/mol. The molecule has 0 unspecified atom stereocenters. The van der Waals surface area contributed by atoms with E-state index in [1.54, 1.807) is 18.5 Å². The number of hydrogen-bond acceptors (Lipinski definition) is 6. The minimum Gasteiger partial charge on any atom is -0.400 e. The van der Waals surface area contributed by atoms with Gasteiger partial charge < -0.3 is 20.3 Å². The van der Waals surface area contributed by atoms with E-state index in [-0.39, 0.29) is 6.61 Å². The number of hydrogen-bond donors (Lipinski definition) is 2. The Morgan fingerprint density at radius 1 is 1.36 bits per heavy atom. The van der Waals surface area contributed by atoms with Crippen LogP contribution in [-0.2, 0) is 9.47 Å². The van der Waals surface area contributed by atoms with Crippen molar-refractivity contribution < 1.29 is 14.6 Å². The van der Waals surface area contributed by atoms with Crippen LogP contribution in [0.2, 0.25) is 5.02 Å². The Kier molecular flexibility index (Phi) is 7.51. The van der Waals surface area contributed by atoms with E-state index in [1.807, 2.05) is 13.8 Å². The Balaban J connectivity index is 0.00000312. The molecule has 1 radical (unpaired) electrons. The second-order valence-electron chi connectivity index (χ2n) is 5.54. The molecule has 1 aromatic rings. The van der Waals surface area contributed by atoms with Crippen LogP contribution in [0.1, 0.15) is 33.1 Å². The van der Waals surface area contributed by atoms with E-state index in [1.165, 1.54) is 0 Å². The number of aromatic nitrogens is 1. The number of halogens is 1. The molecule has 1 aromatic heterocycles. The van der Waals surface area contributed by atoms with Gasteiger partial charge in [-0.15, -0.1) is 0 Å². The second kappa shape index (κ2) is 9.13. The minimum atomic E-state index is -0.715. The number of ether oxygens (including phenoxy) is 2. The summed E-state index contributed by atoms with van der Waals surface area (Å²) in [5.41, 5.74) is 8.61. The van der Waals surface area contributed by atoms with Crippen molar-refractivity contribution in [1.82, 2.24) is 4.98 Å². The zero-order chi connectivity index (χ0) is 17.6. The molecule has 0 atom stereocenters. The van der Waals surface area contributed by atoms with Crippen LogP contribution in [0.15, 0.2) is 34.7 Å². The van der Waals surface area contributed by atoms with Gasteiger partial charge >= 0.3 is 0 Å². The number of aliphatic imine (C=N–C) groups is 1. The van der Waals surface area contributed by atoms with Crippen molar-refractivity contribution in [2.45, 2.75) is 38.9 Å². The molecule has 1 aliphatic rings. The molecular formula is C17H24ClEsN3O3. The Morgan fingerprint density at radius 2 is 2.04 bits per heavy atom. The first-order valence-corrected chi connectivity index (χ1v) is 8.46. The van der Waals surface area contributed by atoms with E-state index in [4.69, 9.17) is 26.8 Å². The normalized spacial score (nSPS) is 20.2. The average molecular weight is 606 g/mol. The number of rotatable bonds is 6. The standard InChI is InChI=1S/C17H24ClN3O3.Es/c1-3-23-17(24-4-2)6-5-14(15(19)11-22)16(8-17)21-13-7-12(18)9-20-10-13;/h7,9-10,22H,3-6,8,11,19H2,1-2H3;/b15-14-,21-16?;. The van der Waals surface area contributed by atoms with Crippen LogP contribution in [0.3, 0.4) is 0 Å². The zero-order valence-corrected chi connectivity index (χ0v) is 17.7. The molecular weight excluding hydrogens is 582 g/mol. The van der Waals surface area contributed by atoms with E-state index < -0.39 is 5.79 Å². The molecule has 2 rings (SSSR count). The van der Waals surface area contributed by atoms with E-state index in [9.17, 15) is 5.11 Å². The summed E-state index contributed by atoms with van der Waals surface area (Å²) >= 11 is 5.99. The van der Waals surface area contributed by atoms with Gasteiger partial charge in [0.1, 0.15) is 0 Å². The second-order valence-corrected chi connectivity index (χ2v) is 5.97. The van der Waals surface area contributed by atoms with Gasteiger partial charge in [0.05, 0.1) is 29.2 Å². The molecule has 0 bridgehead atoms. The van der Waals surface area contributed by atoms with Gasteiger partial charge in [-0.1, -0.05) is 11.6 Å². The maximum absolute atomic E-state index is 9.42. The largest absolute Gasteiger partial charge is 0.400 e. The van der Waals surface area contributed by atoms with Gasteiger partial charge in [-0.3, -0.25) is 9.98 Å². The van der Waals surface area contributed by atoms with Crippen LogP contribution in [0, 0.1) is 0 Å². The van der Waals surface area contributed by atoms with Crippen molar-refractivity contribution >= 4 is 23.0 Å². The molecule has 143 valence electrons. The summed E-state index contributed by atoms with van der Waals surface area (Å²) in [7, 11) is 0. The first-order valence-electron chi connectivity index (χ1n) is 8.08. The quantitative estimate of drug-likeness (QED) is 0.487. The van der Waals surface area contributed by atoms with Crippen LogP contribution in [-0.4, -0.2) is 41.4 Å². The fourth-order valence-electron chi connectivity index (χ4n) is 2.89. The molecule has 25 heavy (non-hydrogen) atoms. The summed E-state index contributed by atoms with van der Waals surface area (Å²) in [5.74, 6) is -0.715. The van der Waals surface area contributed by atoms with Crippen molar-refractivity contribution in [2.75, 3.05) is 19.8 Å². The molecule has 1 saturated carbocycles. The molecule has 0 spiro atoms. The number of pyridine rings is 1. The molecule has 3 N–H and O–H groups in total. The molecule has 1 aliphatic carbocycles. The Bertz CT molecular complexity index is 631. The van der Waals surface area contributed by atoms with Crippen molar-refractivity contribution in [1.29, 1.82) is 0 Å². The maximum Gasteiger partial charge on any atom is 0.174 e. The van der Waals surface area contributed by atoms with Gasteiger partial charge in [-0.25, -0.2) is 0 Å². The van der Waals surface area contributed by atoms with Gasteiger partial charge in [0.15, 0.2) is 5.79 Å². The van der Waals surface area contributed by atoms with Crippen molar-refractivity contribution in [2.24, 2.45) is 10.7 Å². The van der Waals surface area contributed by atoms with Crippen LogP contribution >= 0.6 is 11.6 Å². The van der Waals surface area contributed by atoms with E-state index in [0.717, 1.165) is 11.3 Å². The number of aliphatic hydroxyl groups is 1. The molecule has 1 heterocycles.